The van der Waals surface area contributed by atoms with Crippen molar-refractivity contribution in [1.82, 2.24) is 9.62 Å². The van der Waals surface area contributed by atoms with E-state index in [-0.39, 0.29) is 6.54 Å². The Hall–Kier alpha value is -1.67. The molecule has 0 aliphatic carbocycles. The number of nitrogens with one attached hydrogen (secondary N) is 1. The van der Waals surface area contributed by atoms with Crippen molar-refractivity contribution in [2.45, 2.75) is 50.3 Å². The van der Waals surface area contributed by atoms with Crippen LogP contribution in [0.1, 0.15) is 33.6 Å². The highest BCUT2D eigenvalue weighted by Crippen LogP contribution is 2.26. The molecule has 1 aromatic carbocycles. The molecule has 8 heteroatoms. The number of amides is 1. The highest BCUT2D eigenvalue weighted by Gasteiger charge is 2.38. The minimum atomic E-state index is -4.02. The second-order valence-corrected chi connectivity index (χ2v) is 8.21. The molecular formula is C15H21FN2O4S. The van der Waals surface area contributed by atoms with Gasteiger partial charge in [0.1, 0.15) is 16.3 Å². The number of halogens is 1. The number of alkyl carbamates (subject to hydrolysis) is 1. The Labute approximate surface area is 135 Å². The predicted octanol–water partition coefficient (Wildman–Crippen LogP) is 2.46. The van der Waals surface area contributed by atoms with Crippen LogP contribution in [0.2, 0.25) is 0 Å². The van der Waals surface area contributed by atoms with E-state index in [1.807, 2.05) is 0 Å². The third-order valence-corrected chi connectivity index (χ3v) is 5.25. The molecule has 6 nitrogen and oxygen atoms in total. The van der Waals surface area contributed by atoms with Crippen molar-refractivity contribution in [2.75, 3.05) is 6.54 Å². The molecule has 1 fully saturated rings. The van der Waals surface area contributed by atoms with E-state index >= 15 is 0 Å². The summed E-state index contributed by atoms with van der Waals surface area (Å²) in [5.74, 6) is -0.810. The third-order valence-electron chi connectivity index (χ3n) is 3.31. The summed E-state index contributed by atoms with van der Waals surface area (Å²) < 4.78 is 45.3. The maximum Gasteiger partial charge on any atom is 0.408 e. The largest absolute Gasteiger partial charge is 0.444 e. The summed E-state index contributed by atoms with van der Waals surface area (Å²) in [4.78, 5) is 11.5. The summed E-state index contributed by atoms with van der Waals surface area (Å²) in [6, 6.07) is 5.20. The first kappa shape index (κ1) is 17.7. The highest BCUT2D eigenvalue weighted by atomic mass is 32.2. The normalized spacial score (nSPS) is 19.6. The molecule has 0 aromatic heterocycles. The number of carbonyl (C=O) groups is 1. The van der Waals surface area contributed by atoms with E-state index < -0.39 is 38.6 Å². The van der Waals surface area contributed by atoms with Crippen molar-refractivity contribution in [1.29, 1.82) is 0 Å². The standard InChI is InChI=1S/C15H21FN2O4S/c1-15(2,3)22-14(19)17-13-9-6-10-18(13)23(20,21)12-8-5-4-7-11(12)16/h4-5,7-8,13H,6,9-10H2,1-3H3,(H,17,19)/t13-/m0/s1. The first-order valence-electron chi connectivity index (χ1n) is 7.37. The van der Waals surface area contributed by atoms with Gasteiger partial charge in [-0.2, -0.15) is 4.31 Å². The molecule has 23 heavy (non-hydrogen) atoms. The maximum atomic E-state index is 13.8. The number of sulfonamides is 1. The van der Waals surface area contributed by atoms with E-state index in [1.165, 1.54) is 18.2 Å². The van der Waals surface area contributed by atoms with Crippen molar-refractivity contribution in [3.05, 3.63) is 30.1 Å². The molecule has 1 aliphatic rings. The van der Waals surface area contributed by atoms with Gasteiger partial charge in [0, 0.05) is 6.54 Å². The van der Waals surface area contributed by atoms with Crippen LogP contribution in [0.15, 0.2) is 29.2 Å². The molecule has 0 spiro atoms. The fraction of sp³-hybridized carbons (Fsp3) is 0.533. The molecule has 1 atom stereocenters. The Kier molecular flexibility index (Phi) is 4.95. The number of benzene rings is 1. The van der Waals surface area contributed by atoms with E-state index in [0.717, 1.165) is 10.4 Å². The van der Waals surface area contributed by atoms with Crippen molar-refractivity contribution >= 4 is 16.1 Å². The second-order valence-electron chi connectivity index (χ2n) is 6.35. The zero-order chi connectivity index (χ0) is 17.3. The fourth-order valence-corrected chi connectivity index (χ4v) is 4.08. The van der Waals surface area contributed by atoms with Crippen LogP contribution >= 0.6 is 0 Å². The van der Waals surface area contributed by atoms with Crippen molar-refractivity contribution in [3.63, 3.8) is 0 Å². The molecule has 0 unspecified atom stereocenters. The lowest BCUT2D eigenvalue weighted by molar-refractivity contribution is 0.0480. The molecule has 128 valence electrons. The second kappa shape index (κ2) is 6.45. The van der Waals surface area contributed by atoms with Crippen molar-refractivity contribution in [3.8, 4) is 0 Å². The van der Waals surface area contributed by atoms with Gasteiger partial charge in [-0.05, 0) is 45.7 Å². The fourth-order valence-electron chi connectivity index (χ4n) is 2.40. The van der Waals surface area contributed by atoms with E-state index in [4.69, 9.17) is 4.74 Å². The summed E-state index contributed by atoms with van der Waals surface area (Å²) in [6.07, 6.45) is -0.409. The minimum Gasteiger partial charge on any atom is -0.444 e. The smallest absolute Gasteiger partial charge is 0.408 e. The van der Waals surface area contributed by atoms with Gasteiger partial charge in [0.25, 0.3) is 0 Å². The summed E-state index contributed by atoms with van der Waals surface area (Å²) in [5, 5.41) is 2.54. The van der Waals surface area contributed by atoms with Crippen LogP contribution in [0.25, 0.3) is 0 Å². The lowest BCUT2D eigenvalue weighted by Gasteiger charge is -2.27. The zero-order valence-corrected chi connectivity index (χ0v) is 14.2. The van der Waals surface area contributed by atoms with Gasteiger partial charge in [-0.1, -0.05) is 12.1 Å². The monoisotopic (exact) mass is 344 g/mol. The Morgan fingerprint density at radius 2 is 2.00 bits per heavy atom. The van der Waals surface area contributed by atoms with Crippen molar-refractivity contribution in [2.24, 2.45) is 0 Å². The number of hydrogen-bond acceptors (Lipinski definition) is 4. The lowest BCUT2D eigenvalue weighted by Crippen LogP contribution is -2.48. The average molecular weight is 344 g/mol. The van der Waals surface area contributed by atoms with Gasteiger partial charge in [-0.15, -0.1) is 0 Å². The maximum absolute atomic E-state index is 13.8. The zero-order valence-electron chi connectivity index (χ0n) is 13.4. The first-order chi connectivity index (χ1) is 10.6. The lowest BCUT2D eigenvalue weighted by atomic mass is 10.2. The Morgan fingerprint density at radius 1 is 1.35 bits per heavy atom. The quantitative estimate of drug-likeness (QED) is 0.914. The van der Waals surface area contributed by atoms with Gasteiger partial charge in [-0.25, -0.2) is 17.6 Å². The third kappa shape index (κ3) is 4.20. The summed E-state index contributed by atoms with van der Waals surface area (Å²) in [5.41, 5.74) is -0.683. The van der Waals surface area contributed by atoms with Crippen LogP contribution in [-0.4, -0.2) is 37.1 Å². The van der Waals surface area contributed by atoms with Gasteiger partial charge in [-0.3, -0.25) is 0 Å². The number of ether oxygens (including phenoxy) is 1. The summed E-state index contributed by atoms with van der Waals surface area (Å²) >= 11 is 0. The molecule has 1 N–H and O–H groups in total. The number of hydrogen-bond donors (Lipinski definition) is 1. The Morgan fingerprint density at radius 3 is 2.61 bits per heavy atom. The highest BCUT2D eigenvalue weighted by molar-refractivity contribution is 7.89. The van der Waals surface area contributed by atoms with Gasteiger partial charge in [0.15, 0.2) is 0 Å². The molecular weight excluding hydrogens is 323 g/mol. The van der Waals surface area contributed by atoms with Gasteiger partial charge in [0.2, 0.25) is 10.0 Å². The number of rotatable bonds is 3. The van der Waals surface area contributed by atoms with Gasteiger partial charge in [0.05, 0.1) is 6.17 Å². The van der Waals surface area contributed by atoms with Crippen LogP contribution < -0.4 is 5.32 Å². The molecule has 0 radical (unpaired) electrons. The van der Waals surface area contributed by atoms with E-state index in [9.17, 15) is 17.6 Å². The Balaban J connectivity index is 2.18. The minimum absolute atomic E-state index is 0.219. The molecule has 1 aromatic rings. The SMILES string of the molecule is CC(C)(C)OC(=O)N[C@@H]1CCCN1S(=O)(=O)c1ccccc1F. The van der Waals surface area contributed by atoms with Gasteiger partial charge < -0.3 is 10.1 Å². The van der Waals surface area contributed by atoms with Gasteiger partial charge >= 0.3 is 6.09 Å². The summed E-state index contributed by atoms with van der Waals surface area (Å²) in [7, 11) is -4.02. The van der Waals surface area contributed by atoms with Crippen LogP contribution in [-0.2, 0) is 14.8 Å². The molecule has 1 aliphatic heterocycles. The van der Waals surface area contributed by atoms with Crippen LogP contribution in [0.4, 0.5) is 9.18 Å². The molecule has 1 amide bonds. The van der Waals surface area contributed by atoms with E-state index in [0.29, 0.717) is 12.8 Å². The predicted molar refractivity (Wildman–Crippen MR) is 82.7 cm³/mol. The molecule has 2 rings (SSSR count). The van der Waals surface area contributed by atoms with E-state index in [2.05, 4.69) is 5.32 Å². The topological polar surface area (TPSA) is 75.7 Å². The molecule has 0 saturated carbocycles. The van der Waals surface area contributed by atoms with Crippen LogP contribution in [0.3, 0.4) is 0 Å². The average Bonchev–Trinajstić information content (AvgIpc) is 2.85. The van der Waals surface area contributed by atoms with Crippen molar-refractivity contribution < 1.29 is 22.3 Å². The van der Waals surface area contributed by atoms with E-state index in [1.54, 1.807) is 20.8 Å². The van der Waals surface area contributed by atoms with Crippen LogP contribution in [0, 0.1) is 5.82 Å². The number of carbonyl (C=O) groups excluding carboxylic acids is 1. The summed E-state index contributed by atoms with van der Waals surface area (Å²) in [6.45, 7) is 5.37. The molecule has 1 heterocycles. The van der Waals surface area contributed by atoms with Crippen LogP contribution in [0.5, 0.6) is 0 Å². The Bertz CT molecular complexity index is 685. The number of nitrogens with zero attached hydrogens (tertiary/aromatic N) is 1. The molecule has 0 bridgehead atoms. The first-order valence-corrected chi connectivity index (χ1v) is 8.81. The molecule has 1 saturated heterocycles.